The lowest BCUT2D eigenvalue weighted by Crippen LogP contribution is -2.48. The lowest BCUT2D eigenvalue weighted by Gasteiger charge is -2.37. The number of amides is 1. The van der Waals surface area contributed by atoms with Crippen LogP contribution in [0.1, 0.15) is 61.0 Å². The van der Waals surface area contributed by atoms with Crippen molar-refractivity contribution in [2.75, 3.05) is 26.3 Å². The van der Waals surface area contributed by atoms with Gasteiger partial charge in [0.25, 0.3) is 5.56 Å². The van der Waals surface area contributed by atoms with E-state index in [4.69, 9.17) is 0 Å². The lowest BCUT2D eigenvalue weighted by atomic mass is 9.93. The molecule has 1 aromatic carbocycles. The van der Waals surface area contributed by atoms with E-state index in [0.29, 0.717) is 42.8 Å². The van der Waals surface area contributed by atoms with Gasteiger partial charge in [-0.15, -0.1) is 0 Å². The number of nitrogens with zero attached hydrogens (tertiary/aromatic N) is 4. The van der Waals surface area contributed by atoms with Crippen LogP contribution in [-0.2, 0) is 16.0 Å². The molecule has 0 bridgehead atoms. The molecule has 0 spiro atoms. The quantitative estimate of drug-likeness (QED) is 0.207. The van der Waals surface area contributed by atoms with Crippen molar-refractivity contribution in [1.29, 1.82) is 0 Å². The molecule has 2 atom stereocenters. The second kappa shape index (κ2) is 13.9. The number of imidazole rings is 1. The summed E-state index contributed by atoms with van der Waals surface area (Å²) in [7, 11) is 0. The topological polar surface area (TPSA) is 109 Å². The fourth-order valence-corrected chi connectivity index (χ4v) is 6.39. The first kappa shape index (κ1) is 33.0. The van der Waals surface area contributed by atoms with Crippen molar-refractivity contribution in [3.8, 4) is 11.1 Å². The summed E-state index contributed by atoms with van der Waals surface area (Å²) >= 11 is 0. The molecule has 9 nitrogen and oxygen atoms in total. The summed E-state index contributed by atoms with van der Waals surface area (Å²) in [5.41, 5.74) is 4.69. The Bertz CT molecular complexity index is 1770. The zero-order chi connectivity index (χ0) is 33.1. The second-order valence-corrected chi connectivity index (χ2v) is 12.9. The molecule has 1 fully saturated rings. The largest absolute Gasteiger partial charge is 0.481 e. The van der Waals surface area contributed by atoms with Crippen LogP contribution in [0.25, 0.3) is 16.8 Å². The molecule has 11 heteroatoms. The summed E-state index contributed by atoms with van der Waals surface area (Å²) in [5.74, 6) is -2.67. The minimum Gasteiger partial charge on any atom is -0.481 e. The van der Waals surface area contributed by atoms with Crippen molar-refractivity contribution in [3.63, 3.8) is 0 Å². The number of aliphatic carboxylic acids is 1. The maximum Gasteiger partial charge on any atom is 0.305 e. The van der Waals surface area contributed by atoms with Crippen LogP contribution in [0.5, 0.6) is 0 Å². The van der Waals surface area contributed by atoms with Crippen LogP contribution in [0, 0.1) is 31.5 Å². The van der Waals surface area contributed by atoms with Gasteiger partial charge in [-0.1, -0.05) is 32.0 Å². The smallest absolute Gasteiger partial charge is 0.305 e. The standard InChI is InChI=1S/C35H41F2N5O4/c1-21(2)12-30(42-19-24(13-28(37)35(42)46)8-10-40-17-25(16-36)18-40)34(45)39-29(15-31(43)44)26-14-27(33-38-9-11-41(33)20-26)32-22(3)6-5-7-23(32)4/h5-7,9,11,13-14,19-21,25,29-30H,8,10,12,15-18H2,1-4H3,(H,39,45)(H,43,44)/t29-,30-/m0/s1. The summed E-state index contributed by atoms with van der Waals surface area (Å²) in [6.07, 6.45) is 6.95. The molecule has 3 aromatic heterocycles. The van der Waals surface area contributed by atoms with Gasteiger partial charge in [-0.05, 0) is 72.6 Å². The average molecular weight is 634 g/mol. The zero-order valence-electron chi connectivity index (χ0n) is 26.7. The molecule has 5 rings (SSSR count). The number of benzene rings is 1. The molecule has 0 radical (unpaired) electrons. The second-order valence-electron chi connectivity index (χ2n) is 12.9. The highest BCUT2D eigenvalue weighted by Gasteiger charge is 2.30. The molecule has 0 aliphatic carbocycles. The number of pyridine rings is 2. The number of halogens is 2. The van der Waals surface area contributed by atoms with Gasteiger partial charge in [-0.2, -0.15) is 0 Å². The van der Waals surface area contributed by atoms with Gasteiger partial charge in [0.15, 0.2) is 5.82 Å². The number of hydrogen-bond donors (Lipinski definition) is 2. The van der Waals surface area contributed by atoms with E-state index in [9.17, 15) is 23.9 Å². The molecule has 46 heavy (non-hydrogen) atoms. The van der Waals surface area contributed by atoms with Crippen LogP contribution in [0.3, 0.4) is 0 Å². The fourth-order valence-electron chi connectivity index (χ4n) is 6.39. The van der Waals surface area contributed by atoms with E-state index in [1.54, 1.807) is 23.0 Å². The Labute approximate surface area is 266 Å². The highest BCUT2D eigenvalue weighted by Crippen LogP contribution is 2.33. The number of aromatic nitrogens is 3. The fraction of sp³-hybridized carbons (Fsp3) is 0.429. The van der Waals surface area contributed by atoms with E-state index in [-0.39, 0.29) is 24.9 Å². The maximum atomic E-state index is 15.0. The molecule has 0 unspecified atom stereocenters. The molecule has 1 aliphatic heterocycles. The van der Waals surface area contributed by atoms with E-state index in [0.717, 1.165) is 26.8 Å². The Balaban J connectivity index is 1.49. The summed E-state index contributed by atoms with van der Waals surface area (Å²) in [4.78, 5) is 45.8. The van der Waals surface area contributed by atoms with Gasteiger partial charge in [-0.3, -0.25) is 18.8 Å². The normalized spacial score (nSPS) is 15.2. The van der Waals surface area contributed by atoms with Gasteiger partial charge >= 0.3 is 5.97 Å². The Hall–Kier alpha value is -4.38. The highest BCUT2D eigenvalue weighted by atomic mass is 19.1. The monoisotopic (exact) mass is 633 g/mol. The third-order valence-electron chi connectivity index (χ3n) is 8.71. The van der Waals surface area contributed by atoms with E-state index < -0.39 is 41.8 Å². The van der Waals surface area contributed by atoms with Gasteiger partial charge in [0, 0.05) is 55.9 Å². The number of aryl methyl sites for hydroxylation is 2. The minimum absolute atomic E-state index is 0.0230. The van der Waals surface area contributed by atoms with E-state index in [1.807, 2.05) is 52.0 Å². The Morgan fingerprint density at radius 1 is 1.13 bits per heavy atom. The number of carbonyl (C=O) groups is 2. The van der Waals surface area contributed by atoms with Crippen LogP contribution in [-0.4, -0.2) is 62.1 Å². The number of rotatable bonds is 13. The maximum absolute atomic E-state index is 15.0. The SMILES string of the molecule is Cc1cccc(C)c1-c1cc([C@H](CC(=O)O)NC(=O)[C@H](CC(C)C)n2cc(CCN3CC(CF)C3)cc(F)c2=O)cn2ccnc12. The van der Waals surface area contributed by atoms with Gasteiger partial charge < -0.3 is 24.3 Å². The molecule has 4 heterocycles. The molecule has 2 N–H and O–H groups in total. The lowest BCUT2D eigenvalue weighted by molar-refractivity contribution is -0.138. The predicted octanol–water partition coefficient (Wildman–Crippen LogP) is 5.28. The minimum atomic E-state index is -1.11. The first-order valence-electron chi connectivity index (χ1n) is 15.7. The van der Waals surface area contributed by atoms with E-state index in [2.05, 4.69) is 15.2 Å². The molecular formula is C35H41F2N5O4. The number of nitrogens with one attached hydrogen (secondary N) is 1. The van der Waals surface area contributed by atoms with Crippen LogP contribution >= 0.6 is 0 Å². The van der Waals surface area contributed by atoms with Crippen LogP contribution < -0.4 is 10.9 Å². The number of carbonyl (C=O) groups excluding carboxylic acids is 1. The molecule has 1 amide bonds. The Morgan fingerprint density at radius 2 is 1.85 bits per heavy atom. The summed E-state index contributed by atoms with van der Waals surface area (Å²) in [6.45, 7) is 9.27. The molecule has 244 valence electrons. The summed E-state index contributed by atoms with van der Waals surface area (Å²) < 4.78 is 30.8. The number of hydrogen-bond acceptors (Lipinski definition) is 5. The number of carboxylic acids is 1. The van der Waals surface area contributed by atoms with Crippen molar-refractivity contribution in [2.45, 2.75) is 59.0 Å². The van der Waals surface area contributed by atoms with Gasteiger partial charge in [-0.25, -0.2) is 9.37 Å². The average Bonchev–Trinajstić information content (AvgIpc) is 3.45. The van der Waals surface area contributed by atoms with Gasteiger partial charge in [0.05, 0.1) is 19.1 Å². The van der Waals surface area contributed by atoms with Crippen molar-refractivity contribution in [1.82, 2.24) is 24.2 Å². The third-order valence-corrected chi connectivity index (χ3v) is 8.71. The molecule has 1 saturated heterocycles. The van der Waals surface area contributed by atoms with Crippen molar-refractivity contribution in [2.24, 2.45) is 11.8 Å². The van der Waals surface area contributed by atoms with Crippen LogP contribution in [0.2, 0.25) is 0 Å². The number of fused-ring (bicyclic) bond motifs is 1. The highest BCUT2D eigenvalue weighted by molar-refractivity contribution is 5.84. The van der Waals surface area contributed by atoms with Crippen molar-refractivity contribution >= 4 is 17.5 Å². The van der Waals surface area contributed by atoms with E-state index in [1.165, 1.54) is 12.3 Å². The van der Waals surface area contributed by atoms with Crippen molar-refractivity contribution in [3.05, 3.63) is 93.5 Å². The van der Waals surface area contributed by atoms with Crippen LogP contribution in [0.4, 0.5) is 8.78 Å². The number of likely N-dealkylation sites (tertiary alicyclic amines) is 1. The van der Waals surface area contributed by atoms with Gasteiger partial charge in [0.1, 0.15) is 11.7 Å². The first-order chi connectivity index (χ1) is 21.9. The molecular weight excluding hydrogens is 592 g/mol. The summed E-state index contributed by atoms with van der Waals surface area (Å²) in [5, 5.41) is 12.8. The van der Waals surface area contributed by atoms with Gasteiger partial charge in [0.2, 0.25) is 5.91 Å². The Morgan fingerprint density at radius 3 is 2.50 bits per heavy atom. The molecule has 1 aliphatic rings. The third kappa shape index (κ3) is 7.20. The Kier molecular flexibility index (Phi) is 10.0. The predicted molar refractivity (Wildman–Crippen MR) is 172 cm³/mol. The van der Waals surface area contributed by atoms with E-state index >= 15 is 4.39 Å². The first-order valence-corrected chi connectivity index (χ1v) is 15.7. The molecule has 0 saturated carbocycles. The van der Waals surface area contributed by atoms with Crippen molar-refractivity contribution < 1.29 is 23.5 Å². The molecule has 4 aromatic rings. The van der Waals surface area contributed by atoms with Crippen LogP contribution in [0.15, 0.2) is 59.9 Å². The summed E-state index contributed by atoms with van der Waals surface area (Å²) in [6, 6.07) is 6.99. The number of alkyl halides is 1. The number of carboxylic acid groups (broad SMARTS) is 1. The zero-order valence-corrected chi connectivity index (χ0v) is 26.7.